The lowest BCUT2D eigenvalue weighted by atomic mass is 9.96. The Bertz CT molecular complexity index is 1720. The molecular formula is C33H31ClN2O5. The molecule has 0 spiro atoms. The third kappa shape index (κ3) is 5.60. The minimum Gasteiger partial charge on any atom is -0.491 e. The fraction of sp³-hybridized carbons (Fsp3) is 0.273. The summed E-state index contributed by atoms with van der Waals surface area (Å²) in [5.74, 6) is 1.75. The lowest BCUT2D eigenvalue weighted by molar-refractivity contribution is 0.0548. The zero-order chi connectivity index (χ0) is 28.5. The molecule has 0 unspecified atom stereocenters. The Balaban J connectivity index is 1.32. The number of rotatable bonds is 2. The van der Waals surface area contributed by atoms with Crippen molar-refractivity contribution >= 4 is 28.5 Å². The molecule has 8 heteroatoms. The number of carbonyl (C=O) groups is 1. The van der Waals surface area contributed by atoms with Crippen molar-refractivity contribution in [1.29, 1.82) is 0 Å². The van der Waals surface area contributed by atoms with Crippen LogP contribution >= 0.6 is 11.6 Å². The highest BCUT2D eigenvalue weighted by atomic mass is 35.5. The Kier molecular flexibility index (Phi) is 7.56. The van der Waals surface area contributed by atoms with Gasteiger partial charge in [-0.05, 0) is 73.4 Å². The number of furan rings is 1. The third-order valence-electron chi connectivity index (χ3n) is 7.51. The number of hydrogen-bond donors (Lipinski definition) is 0. The van der Waals surface area contributed by atoms with Crippen LogP contribution in [0.2, 0.25) is 5.02 Å². The van der Waals surface area contributed by atoms with Crippen molar-refractivity contribution in [3.63, 3.8) is 0 Å². The molecule has 1 aliphatic rings. The van der Waals surface area contributed by atoms with Crippen molar-refractivity contribution < 1.29 is 23.2 Å². The Morgan fingerprint density at radius 3 is 2.63 bits per heavy atom. The summed E-state index contributed by atoms with van der Waals surface area (Å²) < 4.78 is 23.5. The van der Waals surface area contributed by atoms with Crippen molar-refractivity contribution in [2.75, 3.05) is 26.4 Å². The van der Waals surface area contributed by atoms with E-state index in [4.69, 9.17) is 30.0 Å². The Morgan fingerprint density at radius 2 is 1.80 bits per heavy atom. The van der Waals surface area contributed by atoms with Gasteiger partial charge in [0.1, 0.15) is 23.7 Å². The van der Waals surface area contributed by atoms with Crippen molar-refractivity contribution in [2.24, 2.45) is 0 Å². The first-order valence-electron chi connectivity index (χ1n) is 13.7. The van der Waals surface area contributed by atoms with Gasteiger partial charge in [-0.2, -0.15) is 0 Å². The van der Waals surface area contributed by atoms with E-state index in [0.717, 1.165) is 56.0 Å². The average molecular weight is 571 g/mol. The minimum absolute atomic E-state index is 0.179. The monoisotopic (exact) mass is 570 g/mol. The van der Waals surface area contributed by atoms with Crippen LogP contribution in [0.1, 0.15) is 44.3 Å². The lowest BCUT2D eigenvalue weighted by Crippen LogP contribution is -2.34. The predicted molar refractivity (Wildman–Crippen MR) is 158 cm³/mol. The van der Waals surface area contributed by atoms with E-state index < -0.39 is 0 Å². The van der Waals surface area contributed by atoms with E-state index in [1.54, 1.807) is 17.0 Å². The van der Waals surface area contributed by atoms with E-state index in [1.807, 2.05) is 51.1 Å². The first-order valence-corrected chi connectivity index (χ1v) is 14.1. The maximum Gasteiger partial charge on any atom is 0.290 e. The zero-order valence-electron chi connectivity index (χ0n) is 23.3. The van der Waals surface area contributed by atoms with Crippen molar-refractivity contribution in [2.45, 2.75) is 33.7 Å². The van der Waals surface area contributed by atoms with E-state index in [2.05, 4.69) is 23.4 Å². The fourth-order valence-electron chi connectivity index (χ4n) is 5.47. The molecule has 0 aliphatic carbocycles. The van der Waals surface area contributed by atoms with E-state index in [0.29, 0.717) is 55.7 Å². The van der Waals surface area contributed by atoms with Crippen LogP contribution in [0.4, 0.5) is 0 Å². The minimum atomic E-state index is -0.179. The van der Waals surface area contributed by atoms with Gasteiger partial charge in [0, 0.05) is 41.0 Å². The summed E-state index contributed by atoms with van der Waals surface area (Å²) in [4.78, 5) is 15.6. The Morgan fingerprint density at radius 1 is 0.951 bits per heavy atom. The number of ether oxygens (including phenoxy) is 2. The molecule has 0 saturated heterocycles. The van der Waals surface area contributed by atoms with Gasteiger partial charge in [-0.15, -0.1) is 0 Å². The number of aromatic nitrogens is 1. The maximum absolute atomic E-state index is 13.8. The molecule has 2 aromatic heterocycles. The smallest absolute Gasteiger partial charge is 0.290 e. The molecule has 210 valence electrons. The zero-order valence-corrected chi connectivity index (χ0v) is 24.1. The van der Waals surface area contributed by atoms with Gasteiger partial charge >= 0.3 is 0 Å². The number of fused-ring (bicyclic) bond motifs is 4. The second-order valence-electron chi connectivity index (χ2n) is 10.4. The van der Waals surface area contributed by atoms with Gasteiger partial charge < -0.3 is 23.3 Å². The van der Waals surface area contributed by atoms with Crippen molar-refractivity contribution in [3.8, 4) is 16.9 Å². The standard InChI is InChI=1S/C33H31ClN2O5/c1-20-28-18-27(34)8-10-30(28)40-32(20)33(37)36-11-12-38-13-14-39-29-9-7-25(31-21(2)35-41-22(31)3)17-26(29)16-23-5-4-6-24(15-23)19-36/h4-10,15,17-18H,11-14,16,19H2,1-3H3. The number of nitrogens with zero attached hydrogens (tertiary/aromatic N) is 2. The van der Waals surface area contributed by atoms with Crippen molar-refractivity contribution in [3.05, 3.63) is 105 Å². The molecule has 1 amide bonds. The summed E-state index contributed by atoms with van der Waals surface area (Å²) in [6, 6.07) is 19.9. The second kappa shape index (κ2) is 11.4. The van der Waals surface area contributed by atoms with E-state index >= 15 is 0 Å². The maximum atomic E-state index is 13.8. The summed E-state index contributed by atoms with van der Waals surface area (Å²) in [6.45, 7) is 7.78. The van der Waals surface area contributed by atoms with Gasteiger partial charge in [0.25, 0.3) is 5.91 Å². The van der Waals surface area contributed by atoms with Gasteiger partial charge in [0.05, 0.1) is 18.9 Å². The van der Waals surface area contributed by atoms with Crippen LogP contribution in [0.25, 0.3) is 22.1 Å². The number of benzene rings is 3. The molecule has 0 N–H and O–H groups in total. The highest BCUT2D eigenvalue weighted by molar-refractivity contribution is 6.31. The first-order chi connectivity index (χ1) is 19.9. The van der Waals surface area contributed by atoms with E-state index in [1.165, 1.54) is 0 Å². The van der Waals surface area contributed by atoms with E-state index in [-0.39, 0.29) is 5.91 Å². The molecule has 0 fully saturated rings. The topological polar surface area (TPSA) is 77.9 Å². The van der Waals surface area contributed by atoms with Crippen LogP contribution in [0.15, 0.2) is 69.6 Å². The average Bonchev–Trinajstić information content (AvgIpc) is 3.47. The number of halogens is 1. The summed E-state index contributed by atoms with van der Waals surface area (Å²) in [7, 11) is 0. The fourth-order valence-corrected chi connectivity index (χ4v) is 5.64. The number of aryl methyl sites for hydroxylation is 3. The van der Waals surface area contributed by atoms with Crippen LogP contribution in [-0.4, -0.2) is 42.3 Å². The van der Waals surface area contributed by atoms with Crippen molar-refractivity contribution in [1.82, 2.24) is 10.1 Å². The van der Waals surface area contributed by atoms with Crippen LogP contribution in [-0.2, 0) is 17.7 Å². The quantitative estimate of drug-likeness (QED) is 0.221. The molecule has 2 bridgehead atoms. The first kappa shape index (κ1) is 27.1. The third-order valence-corrected chi connectivity index (χ3v) is 7.75. The van der Waals surface area contributed by atoms with Gasteiger partial charge in [-0.25, -0.2) is 0 Å². The Labute approximate surface area is 243 Å². The molecule has 3 heterocycles. The predicted octanol–water partition coefficient (Wildman–Crippen LogP) is 7.31. The summed E-state index contributed by atoms with van der Waals surface area (Å²) >= 11 is 6.20. The van der Waals surface area contributed by atoms with Gasteiger partial charge in [0.15, 0.2) is 5.76 Å². The molecule has 1 aliphatic heterocycles. The summed E-state index contributed by atoms with van der Waals surface area (Å²) in [5, 5.41) is 5.57. The number of carbonyl (C=O) groups excluding carboxylic acids is 1. The molecule has 0 saturated carbocycles. The molecular weight excluding hydrogens is 540 g/mol. The van der Waals surface area contributed by atoms with Crippen LogP contribution in [0.3, 0.4) is 0 Å². The second-order valence-corrected chi connectivity index (χ2v) is 10.8. The molecule has 5 aromatic rings. The number of hydrogen-bond acceptors (Lipinski definition) is 6. The highest BCUT2D eigenvalue weighted by Crippen LogP contribution is 2.33. The van der Waals surface area contributed by atoms with E-state index in [9.17, 15) is 4.79 Å². The van der Waals surface area contributed by atoms with Crippen LogP contribution in [0, 0.1) is 20.8 Å². The summed E-state index contributed by atoms with van der Waals surface area (Å²) in [5.41, 5.74) is 7.52. The molecule has 0 atom stereocenters. The molecule has 7 nitrogen and oxygen atoms in total. The summed E-state index contributed by atoms with van der Waals surface area (Å²) in [6.07, 6.45) is 0.665. The van der Waals surface area contributed by atoms with Gasteiger partial charge in [-0.3, -0.25) is 4.79 Å². The number of amides is 1. The molecule has 41 heavy (non-hydrogen) atoms. The molecule has 0 radical (unpaired) electrons. The molecule has 6 rings (SSSR count). The molecule has 3 aromatic carbocycles. The SMILES string of the molecule is Cc1noc(C)c1-c1ccc2c(c1)Cc1cccc(c1)CN(C(=O)c1oc3ccc(Cl)cc3c1C)CCOCCO2. The van der Waals surface area contributed by atoms with Gasteiger partial charge in [0.2, 0.25) is 0 Å². The highest BCUT2D eigenvalue weighted by Gasteiger charge is 2.24. The van der Waals surface area contributed by atoms with Gasteiger partial charge in [-0.1, -0.05) is 47.1 Å². The largest absolute Gasteiger partial charge is 0.491 e. The lowest BCUT2D eigenvalue weighted by Gasteiger charge is -2.23. The normalized spacial score (nSPS) is 14.4. The van der Waals surface area contributed by atoms with Crippen LogP contribution in [0.5, 0.6) is 5.75 Å². The Hall–Kier alpha value is -4.07. The van der Waals surface area contributed by atoms with Crippen LogP contribution < -0.4 is 4.74 Å².